The molecular weight excluding hydrogens is 512 g/mol. The van der Waals surface area contributed by atoms with Gasteiger partial charge in [0, 0.05) is 27.4 Å². The highest BCUT2D eigenvalue weighted by molar-refractivity contribution is 6.03. The quantitative estimate of drug-likeness (QED) is 0.285. The van der Waals surface area contributed by atoms with Crippen LogP contribution in [0.1, 0.15) is 77.2 Å². The number of methoxy groups -OCH3 is 1. The largest absolute Gasteiger partial charge is 0.507 e. The van der Waals surface area contributed by atoms with E-state index in [1.54, 1.807) is 13.2 Å². The molecule has 3 unspecified atom stereocenters. The number of phenols is 1. The number of ketones is 3. The summed E-state index contributed by atoms with van der Waals surface area (Å²) in [6, 6.07) is 9.47. The maximum atomic E-state index is 13.4. The number of aromatic hydroxyl groups is 1. The van der Waals surface area contributed by atoms with Gasteiger partial charge in [0.15, 0.2) is 5.78 Å². The van der Waals surface area contributed by atoms with E-state index in [-0.39, 0.29) is 69.1 Å². The van der Waals surface area contributed by atoms with E-state index in [4.69, 9.17) is 4.74 Å². The van der Waals surface area contributed by atoms with Gasteiger partial charge >= 0.3 is 0 Å². The zero-order chi connectivity index (χ0) is 28.7. The molecule has 0 aliphatic heterocycles. The Labute approximate surface area is 239 Å². The number of rotatable bonds is 14. The van der Waals surface area contributed by atoms with Gasteiger partial charge < -0.3 is 25.5 Å². The van der Waals surface area contributed by atoms with Gasteiger partial charge in [0.05, 0.1) is 25.7 Å². The Morgan fingerprint density at radius 1 is 1.07 bits per heavy atom. The standard InChI is InChI=1S/C32H42O7.H2O.2H2/c1-19(2)5-6-21-7-10-31(39-4)25(15-21)24-8-9-28(36)32-26(24)16-22(17-30(32)38)14-23(11-12-33)27(18-34)29(37)13-20(3)35;;;/h7-10,15,19,22-23,27,33-34,36H,5-6,11-14,16-18H2,1-4H3;1H2;2*1H. The fourth-order valence-electron chi connectivity index (χ4n) is 5.85. The van der Waals surface area contributed by atoms with Gasteiger partial charge in [-0.3, -0.25) is 14.4 Å². The lowest BCUT2D eigenvalue weighted by molar-refractivity contribution is -0.131. The summed E-state index contributed by atoms with van der Waals surface area (Å²) in [6.07, 6.45) is 3.09. The van der Waals surface area contributed by atoms with Gasteiger partial charge in [-0.05, 0) is 91.7 Å². The molecule has 40 heavy (non-hydrogen) atoms. The third-order valence-electron chi connectivity index (χ3n) is 7.84. The lowest BCUT2D eigenvalue weighted by atomic mass is 9.72. The number of aryl methyl sites for hydroxylation is 1. The number of aliphatic hydroxyl groups excluding tert-OH is 2. The number of hydrogen-bond donors (Lipinski definition) is 3. The average Bonchev–Trinajstić information content (AvgIpc) is 2.87. The zero-order valence-electron chi connectivity index (χ0n) is 24.0. The molecule has 0 radical (unpaired) electrons. The molecule has 3 rings (SSSR count). The van der Waals surface area contributed by atoms with E-state index in [1.165, 1.54) is 6.92 Å². The summed E-state index contributed by atoms with van der Waals surface area (Å²) in [5.74, 6) is -0.902. The van der Waals surface area contributed by atoms with Gasteiger partial charge in [0.25, 0.3) is 0 Å². The molecule has 2 aromatic carbocycles. The third-order valence-corrected chi connectivity index (χ3v) is 7.84. The first kappa shape index (κ1) is 33.1. The minimum Gasteiger partial charge on any atom is -0.507 e. The van der Waals surface area contributed by atoms with Crippen LogP contribution in [-0.4, -0.2) is 58.5 Å². The van der Waals surface area contributed by atoms with Gasteiger partial charge in [-0.15, -0.1) is 0 Å². The molecule has 1 aliphatic rings. The van der Waals surface area contributed by atoms with Crippen molar-refractivity contribution in [1.29, 1.82) is 0 Å². The molecule has 1 aliphatic carbocycles. The van der Waals surface area contributed by atoms with Gasteiger partial charge in [0.1, 0.15) is 23.1 Å². The predicted octanol–water partition coefficient (Wildman–Crippen LogP) is 4.61. The molecule has 2 aromatic rings. The molecule has 0 aromatic heterocycles. The Hall–Kier alpha value is -3.07. The molecule has 0 amide bonds. The Balaban J connectivity index is 0.00000560. The number of benzene rings is 2. The van der Waals surface area contributed by atoms with E-state index >= 15 is 0 Å². The first-order valence-corrected chi connectivity index (χ1v) is 13.9. The van der Waals surface area contributed by atoms with E-state index in [0.29, 0.717) is 30.1 Å². The summed E-state index contributed by atoms with van der Waals surface area (Å²) in [6.45, 7) is 5.13. The van der Waals surface area contributed by atoms with E-state index in [1.807, 2.05) is 12.1 Å². The summed E-state index contributed by atoms with van der Waals surface area (Å²) in [7, 11) is 1.61. The number of hydrogen-bond acceptors (Lipinski definition) is 7. The molecule has 0 bridgehead atoms. The van der Waals surface area contributed by atoms with Crippen molar-refractivity contribution in [2.45, 2.75) is 65.7 Å². The maximum absolute atomic E-state index is 13.4. The van der Waals surface area contributed by atoms with Crippen LogP contribution in [0.3, 0.4) is 0 Å². The molecule has 8 heteroatoms. The first-order valence-electron chi connectivity index (χ1n) is 13.9. The van der Waals surface area contributed by atoms with Crippen molar-refractivity contribution in [3.05, 3.63) is 47.0 Å². The van der Waals surface area contributed by atoms with Crippen LogP contribution in [0.5, 0.6) is 11.5 Å². The summed E-state index contributed by atoms with van der Waals surface area (Å²) >= 11 is 0. The highest BCUT2D eigenvalue weighted by Gasteiger charge is 2.35. The second kappa shape index (κ2) is 15.1. The highest BCUT2D eigenvalue weighted by atomic mass is 16.5. The van der Waals surface area contributed by atoms with Crippen LogP contribution < -0.4 is 4.74 Å². The number of ether oxygens (including phenoxy) is 1. The smallest absolute Gasteiger partial charge is 0.167 e. The van der Waals surface area contributed by atoms with Crippen LogP contribution in [0.4, 0.5) is 0 Å². The van der Waals surface area contributed by atoms with Crippen LogP contribution >= 0.6 is 0 Å². The van der Waals surface area contributed by atoms with Crippen molar-refractivity contribution >= 4 is 17.3 Å². The molecule has 0 spiro atoms. The Morgan fingerprint density at radius 2 is 1.80 bits per heavy atom. The Kier molecular flexibility index (Phi) is 12.5. The molecule has 0 fully saturated rings. The average molecular weight is 561 g/mol. The number of fused-ring (bicyclic) bond motifs is 1. The second-order valence-corrected chi connectivity index (χ2v) is 11.3. The number of carbonyl (C=O) groups excluding carboxylic acids is 3. The van der Waals surface area contributed by atoms with Crippen LogP contribution in [0.15, 0.2) is 30.3 Å². The van der Waals surface area contributed by atoms with E-state index in [0.717, 1.165) is 35.1 Å². The summed E-state index contributed by atoms with van der Waals surface area (Å²) in [5, 5.41) is 30.4. The zero-order valence-corrected chi connectivity index (χ0v) is 24.0. The third kappa shape index (κ3) is 7.99. The minimum absolute atomic E-state index is 0. The highest BCUT2D eigenvalue weighted by Crippen LogP contribution is 2.43. The monoisotopic (exact) mass is 560 g/mol. The summed E-state index contributed by atoms with van der Waals surface area (Å²) in [4.78, 5) is 37.6. The molecule has 0 saturated carbocycles. The van der Waals surface area contributed by atoms with Crippen molar-refractivity contribution in [1.82, 2.24) is 0 Å². The maximum Gasteiger partial charge on any atom is 0.167 e. The fraction of sp³-hybridized carbons (Fsp3) is 0.531. The number of phenolic OH excluding ortho intramolecular Hbond substituents is 1. The van der Waals surface area contributed by atoms with Crippen LogP contribution in [-0.2, 0) is 22.4 Å². The van der Waals surface area contributed by atoms with Crippen molar-refractivity contribution in [3.63, 3.8) is 0 Å². The van der Waals surface area contributed by atoms with Crippen LogP contribution in [0, 0.1) is 23.7 Å². The van der Waals surface area contributed by atoms with E-state index in [2.05, 4.69) is 26.0 Å². The Bertz CT molecular complexity index is 1200. The lowest BCUT2D eigenvalue weighted by Crippen LogP contribution is -2.32. The number of carbonyl (C=O) groups is 3. The summed E-state index contributed by atoms with van der Waals surface area (Å²) in [5.41, 5.74) is 3.92. The van der Waals surface area contributed by atoms with Gasteiger partial charge in [-0.2, -0.15) is 0 Å². The predicted molar refractivity (Wildman–Crippen MR) is 158 cm³/mol. The van der Waals surface area contributed by atoms with Crippen LogP contribution in [0.25, 0.3) is 11.1 Å². The first-order chi connectivity index (χ1) is 18.6. The SMILES string of the molecule is COc1ccc(CCC(C)C)cc1-c1ccc(O)c2c1CC(CC(CCO)C(CO)C(=O)CC(C)=O)CC2=O.O.[HH].[HH]. The van der Waals surface area contributed by atoms with Crippen molar-refractivity contribution < 1.29 is 42.8 Å². The molecule has 3 atom stereocenters. The summed E-state index contributed by atoms with van der Waals surface area (Å²) < 4.78 is 5.69. The number of Topliss-reactive ketones (excluding diaryl/α,β-unsaturated/α-hetero) is 3. The van der Waals surface area contributed by atoms with Crippen molar-refractivity contribution in [2.75, 3.05) is 20.3 Å². The van der Waals surface area contributed by atoms with E-state index < -0.39 is 12.5 Å². The topological polar surface area (TPSA) is 153 Å². The normalized spacial score (nSPS) is 16.2. The van der Waals surface area contributed by atoms with Gasteiger partial charge in [-0.1, -0.05) is 26.0 Å². The minimum atomic E-state index is -0.779. The molecule has 224 valence electrons. The molecule has 5 N–H and O–H groups in total. The van der Waals surface area contributed by atoms with Gasteiger partial charge in [0.2, 0.25) is 0 Å². The molecule has 0 saturated heterocycles. The fourth-order valence-corrected chi connectivity index (χ4v) is 5.85. The molecule has 8 nitrogen and oxygen atoms in total. The van der Waals surface area contributed by atoms with Crippen molar-refractivity contribution in [3.8, 4) is 22.6 Å². The van der Waals surface area contributed by atoms with Crippen LogP contribution in [0.2, 0.25) is 0 Å². The Morgan fingerprint density at radius 3 is 2.40 bits per heavy atom. The second-order valence-electron chi connectivity index (χ2n) is 11.3. The van der Waals surface area contributed by atoms with E-state index in [9.17, 15) is 29.7 Å². The molecule has 0 heterocycles. The van der Waals surface area contributed by atoms with Gasteiger partial charge in [-0.25, -0.2) is 0 Å². The molecular formula is C32H48O8. The number of aliphatic hydroxyl groups is 2. The van der Waals surface area contributed by atoms with Crippen molar-refractivity contribution in [2.24, 2.45) is 23.7 Å². The lowest BCUT2D eigenvalue weighted by Gasteiger charge is -2.32.